The Morgan fingerprint density at radius 1 is 1.33 bits per heavy atom. The predicted octanol–water partition coefficient (Wildman–Crippen LogP) is 5.17. The van der Waals surface area contributed by atoms with Gasteiger partial charge in [-0.2, -0.15) is 5.26 Å². The number of halogens is 3. The van der Waals surface area contributed by atoms with E-state index in [0.717, 1.165) is 4.88 Å². The third-order valence-electron chi connectivity index (χ3n) is 2.27. The Hall–Kier alpha value is -1.34. The lowest BCUT2D eigenvalue weighted by molar-refractivity contribution is 0.628. The van der Waals surface area contributed by atoms with Crippen molar-refractivity contribution in [3.8, 4) is 6.07 Å². The summed E-state index contributed by atoms with van der Waals surface area (Å²) >= 11 is 13.5. The maximum atomic E-state index is 13.0. The van der Waals surface area contributed by atoms with Gasteiger partial charge in [-0.05, 0) is 29.6 Å². The second-order valence-corrected chi connectivity index (χ2v) is 5.14. The van der Waals surface area contributed by atoms with E-state index in [0.29, 0.717) is 11.1 Å². The van der Waals surface area contributed by atoms with Crippen molar-refractivity contribution in [1.82, 2.24) is 0 Å². The molecule has 18 heavy (non-hydrogen) atoms. The van der Waals surface area contributed by atoms with E-state index in [1.165, 1.54) is 29.5 Å². The van der Waals surface area contributed by atoms with Gasteiger partial charge in [0, 0.05) is 10.4 Å². The van der Waals surface area contributed by atoms with Crippen molar-refractivity contribution in [2.75, 3.05) is 0 Å². The van der Waals surface area contributed by atoms with E-state index in [4.69, 9.17) is 23.2 Å². The van der Waals surface area contributed by atoms with Crippen molar-refractivity contribution < 1.29 is 4.39 Å². The van der Waals surface area contributed by atoms with Crippen LogP contribution in [0.1, 0.15) is 10.4 Å². The second kappa shape index (κ2) is 5.53. The van der Waals surface area contributed by atoms with Gasteiger partial charge in [-0.1, -0.05) is 29.3 Å². The SMILES string of the molecule is N#C/C(=C(\Cl)c1ccc(F)cc1Cl)c1cccs1. The highest BCUT2D eigenvalue weighted by molar-refractivity contribution is 7.11. The van der Waals surface area contributed by atoms with Crippen LogP contribution in [0, 0.1) is 17.1 Å². The third-order valence-corrected chi connectivity index (χ3v) is 3.86. The van der Waals surface area contributed by atoms with Crippen LogP contribution in [0.25, 0.3) is 10.6 Å². The zero-order valence-electron chi connectivity index (χ0n) is 8.95. The molecule has 0 spiro atoms. The molecule has 1 aromatic carbocycles. The van der Waals surface area contributed by atoms with Crippen molar-refractivity contribution in [3.63, 3.8) is 0 Å². The van der Waals surface area contributed by atoms with Crippen LogP contribution in [0.2, 0.25) is 5.02 Å². The summed E-state index contributed by atoms with van der Waals surface area (Å²) in [7, 11) is 0. The van der Waals surface area contributed by atoms with Crippen molar-refractivity contribution in [2.45, 2.75) is 0 Å². The van der Waals surface area contributed by atoms with Gasteiger partial charge in [0.2, 0.25) is 0 Å². The average molecular weight is 298 g/mol. The number of allylic oxidation sites excluding steroid dienone is 1. The molecular formula is C13H6Cl2FNS. The van der Waals surface area contributed by atoms with Gasteiger partial charge in [-0.15, -0.1) is 11.3 Å². The van der Waals surface area contributed by atoms with Crippen molar-refractivity contribution >= 4 is 45.1 Å². The number of benzene rings is 1. The molecular weight excluding hydrogens is 292 g/mol. The number of hydrogen-bond donors (Lipinski definition) is 0. The van der Waals surface area contributed by atoms with E-state index in [1.807, 2.05) is 11.4 Å². The molecule has 0 saturated heterocycles. The van der Waals surface area contributed by atoms with E-state index < -0.39 is 5.82 Å². The Morgan fingerprint density at radius 2 is 2.11 bits per heavy atom. The minimum atomic E-state index is -0.442. The molecule has 90 valence electrons. The van der Waals surface area contributed by atoms with E-state index >= 15 is 0 Å². The van der Waals surface area contributed by atoms with Gasteiger partial charge in [-0.3, -0.25) is 0 Å². The van der Waals surface area contributed by atoms with Crippen LogP contribution in [0.5, 0.6) is 0 Å². The summed E-state index contributed by atoms with van der Waals surface area (Å²) < 4.78 is 13.0. The fraction of sp³-hybridized carbons (Fsp3) is 0. The summed E-state index contributed by atoms with van der Waals surface area (Å²) in [4.78, 5) is 0.753. The number of rotatable bonds is 2. The summed E-state index contributed by atoms with van der Waals surface area (Å²) in [6.45, 7) is 0. The molecule has 0 bridgehead atoms. The van der Waals surface area contributed by atoms with Crippen molar-refractivity contribution in [3.05, 3.63) is 57.0 Å². The Kier molecular flexibility index (Phi) is 4.03. The van der Waals surface area contributed by atoms with Crippen LogP contribution in [-0.4, -0.2) is 0 Å². The molecule has 5 heteroatoms. The van der Waals surface area contributed by atoms with Gasteiger partial charge in [0.25, 0.3) is 0 Å². The summed E-state index contributed by atoms with van der Waals surface area (Å²) in [5.41, 5.74) is 0.782. The van der Waals surface area contributed by atoms with Crippen LogP contribution >= 0.6 is 34.5 Å². The molecule has 0 aliphatic carbocycles. The first-order chi connectivity index (χ1) is 8.63. The molecule has 1 aromatic heterocycles. The fourth-order valence-corrected chi connectivity index (χ4v) is 2.84. The molecule has 0 aliphatic heterocycles. The summed E-state index contributed by atoms with van der Waals surface area (Å²) in [5.74, 6) is -0.442. The molecule has 0 aliphatic rings. The lowest BCUT2D eigenvalue weighted by atomic mass is 10.1. The zero-order chi connectivity index (χ0) is 13.1. The van der Waals surface area contributed by atoms with Gasteiger partial charge in [0.1, 0.15) is 11.9 Å². The Morgan fingerprint density at radius 3 is 2.67 bits per heavy atom. The topological polar surface area (TPSA) is 23.8 Å². The molecule has 0 atom stereocenters. The highest BCUT2D eigenvalue weighted by atomic mass is 35.5. The summed E-state index contributed by atoms with van der Waals surface area (Å²) in [6, 6.07) is 9.56. The first-order valence-corrected chi connectivity index (χ1v) is 6.56. The Bertz CT molecular complexity index is 642. The second-order valence-electron chi connectivity index (χ2n) is 3.40. The first-order valence-electron chi connectivity index (χ1n) is 4.92. The molecule has 2 aromatic rings. The Labute approximate surface area is 118 Å². The molecule has 2 rings (SSSR count). The lowest BCUT2D eigenvalue weighted by Gasteiger charge is -2.05. The standard InChI is InChI=1S/C13H6Cl2FNS/c14-11-6-8(16)3-4-9(11)13(15)10(7-17)12-2-1-5-18-12/h1-6H/b13-10+. The average Bonchev–Trinajstić information content (AvgIpc) is 2.83. The van der Waals surface area contributed by atoms with Gasteiger partial charge in [0.05, 0.1) is 15.6 Å². The van der Waals surface area contributed by atoms with Crippen LogP contribution in [0.15, 0.2) is 35.7 Å². The normalized spacial score (nSPS) is 11.9. The van der Waals surface area contributed by atoms with Crippen molar-refractivity contribution in [1.29, 1.82) is 5.26 Å². The van der Waals surface area contributed by atoms with E-state index in [2.05, 4.69) is 6.07 Å². The van der Waals surface area contributed by atoms with E-state index in [-0.39, 0.29) is 10.1 Å². The molecule has 0 unspecified atom stereocenters. The molecule has 0 radical (unpaired) electrons. The third kappa shape index (κ3) is 2.56. The van der Waals surface area contributed by atoms with Crippen LogP contribution in [0.3, 0.4) is 0 Å². The molecule has 1 heterocycles. The maximum Gasteiger partial charge on any atom is 0.124 e. The molecule has 0 N–H and O–H groups in total. The van der Waals surface area contributed by atoms with E-state index in [1.54, 1.807) is 6.07 Å². The summed E-state index contributed by atoms with van der Waals surface area (Å²) in [5, 5.41) is 11.4. The maximum absolute atomic E-state index is 13.0. The number of hydrogen-bond acceptors (Lipinski definition) is 2. The Balaban J connectivity index is 2.58. The monoisotopic (exact) mass is 297 g/mol. The molecule has 0 fully saturated rings. The van der Waals surface area contributed by atoms with Crippen molar-refractivity contribution in [2.24, 2.45) is 0 Å². The fourth-order valence-electron chi connectivity index (χ4n) is 1.44. The number of thiophene rings is 1. The lowest BCUT2D eigenvalue weighted by Crippen LogP contribution is -1.86. The molecule has 0 amide bonds. The number of nitrogens with zero attached hydrogens (tertiary/aromatic N) is 1. The largest absolute Gasteiger partial charge is 0.207 e. The summed E-state index contributed by atoms with van der Waals surface area (Å²) in [6.07, 6.45) is 0. The van der Waals surface area contributed by atoms with Gasteiger partial charge >= 0.3 is 0 Å². The highest BCUT2D eigenvalue weighted by Gasteiger charge is 2.13. The van der Waals surface area contributed by atoms with Crippen LogP contribution < -0.4 is 0 Å². The number of nitriles is 1. The van der Waals surface area contributed by atoms with Crippen LogP contribution in [0.4, 0.5) is 4.39 Å². The zero-order valence-corrected chi connectivity index (χ0v) is 11.3. The quantitative estimate of drug-likeness (QED) is 0.701. The minimum Gasteiger partial charge on any atom is -0.207 e. The first kappa shape index (κ1) is 13.1. The highest BCUT2D eigenvalue weighted by Crippen LogP contribution is 2.35. The minimum absolute atomic E-state index is 0.185. The van der Waals surface area contributed by atoms with Gasteiger partial charge in [-0.25, -0.2) is 4.39 Å². The predicted molar refractivity (Wildman–Crippen MR) is 74.0 cm³/mol. The molecule has 1 nitrogen and oxygen atoms in total. The smallest absolute Gasteiger partial charge is 0.124 e. The molecule has 0 saturated carbocycles. The van der Waals surface area contributed by atoms with Crippen LogP contribution in [-0.2, 0) is 0 Å². The van der Waals surface area contributed by atoms with E-state index in [9.17, 15) is 9.65 Å². The van der Waals surface area contributed by atoms with Gasteiger partial charge < -0.3 is 0 Å². The van der Waals surface area contributed by atoms with Gasteiger partial charge in [0.15, 0.2) is 0 Å².